The van der Waals surface area contributed by atoms with E-state index in [1.807, 2.05) is 6.92 Å². The van der Waals surface area contributed by atoms with Gasteiger partial charge in [0.1, 0.15) is 0 Å². The molecule has 16 heavy (non-hydrogen) atoms. The molecule has 0 heterocycles. The molecular weight excluding hydrogens is 192 g/mol. The van der Waals surface area contributed by atoms with Gasteiger partial charge < -0.3 is 0 Å². The number of rotatable bonds is 6. The summed E-state index contributed by atoms with van der Waals surface area (Å²) < 4.78 is 0. The molecule has 0 radical (unpaired) electrons. The summed E-state index contributed by atoms with van der Waals surface area (Å²) in [4.78, 5) is 0. The molecule has 1 rings (SSSR count). The monoisotopic (exact) mass is 214 g/mol. The van der Waals surface area contributed by atoms with Gasteiger partial charge in [-0.3, -0.25) is 0 Å². The largest absolute Gasteiger partial charge is 0.106 e. The summed E-state index contributed by atoms with van der Waals surface area (Å²) >= 11 is 0. The Balaban J connectivity index is 2.35. The molecule has 1 aromatic carbocycles. The third-order valence-corrected chi connectivity index (χ3v) is 2.81. The Morgan fingerprint density at radius 2 is 1.62 bits per heavy atom. The van der Waals surface area contributed by atoms with Crippen LogP contribution in [0.2, 0.25) is 0 Å². The average Bonchev–Trinajstić information content (AvgIpc) is 2.33. The first-order chi connectivity index (χ1) is 7.86. The fourth-order valence-corrected chi connectivity index (χ4v) is 1.77. The Hall–Kier alpha value is -1.22. The third kappa shape index (κ3) is 5.03. The van der Waals surface area contributed by atoms with Crippen LogP contribution in [0.25, 0.3) is 0 Å². The zero-order chi connectivity index (χ0) is 11.6. The Labute approximate surface area is 100 Å². The standard InChI is InChI=1S/C16H22/c1-3-5-7-8-10-16-13-11-15(12-14-16)9-6-4-2/h11-14H,3,5,7-10H2,1-2H3. The first-order valence-electron chi connectivity index (χ1n) is 6.34. The Bertz CT molecular complexity index is 335. The first kappa shape index (κ1) is 12.8. The topological polar surface area (TPSA) is 0 Å². The molecule has 0 saturated carbocycles. The molecule has 0 heteroatoms. The molecule has 0 spiro atoms. The average molecular weight is 214 g/mol. The van der Waals surface area contributed by atoms with E-state index < -0.39 is 0 Å². The highest BCUT2D eigenvalue weighted by Gasteiger charge is 1.94. The first-order valence-corrected chi connectivity index (χ1v) is 6.34. The van der Waals surface area contributed by atoms with Gasteiger partial charge in [0, 0.05) is 6.42 Å². The number of aryl methyl sites for hydroxylation is 1. The highest BCUT2D eigenvalue weighted by molar-refractivity contribution is 5.25. The van der Waals surface area contributed by atoms with Crippen molar-refractivity contribution in [1.29, 1.82) is 0 Å². The summed E-state index contributed by atoms with van der Waals surface area (Å²) in [6.45, 7) is 4.14. The number of hydrogen-bond acceptors (Lipinski definition) is 0. The molecule has 0 unspecified atom stereocenters. The second-order valence-corrected chi connectivity index (χ2v) is 4.23. The minimum atomic E-state index is 0.882. The van der Waals surface area contributed by atoms with Gasteiger partial charge in [-0.05, 0) is 30.9 Å². The van der Waals surface area contributed by atoms with Gasteiger partial charge in [0.2, 0.25) is 0 Å². The van der Waals surface area contributed by atoms with E-state index in [9.17, 15) is 0 Å². The van der Waals surface area contributed by atoms with Crippen LogP contribution in [0, 0.1) is 11.8 Å². The maximum atomic E-state index is 3.09. The van der Waals surface area contributed by atoms with Crippen LogP contribution in [0.5, 0.6) is 0 Å². The highest BCUT2D eigenvalue weighted by Crippen LogP contribution is 2.09. The van der Waals surface area contributed by atoms with E-state index in [2.05, 4.69) is 43.0 Å². The van der Waals surface area contributed by atoms with E-state index in [1.165, 1.54) is 43.2 Å². The van der Waals surface area contributed by atoms with Crippen LogP contribution in [-0.4, -0.2) is 0 Å². The summed E-state index contributed by atoms with van der Waals surface area (Å²) in [6, 6.07) is 8.91. The van der Waals surface area contributed by atoms with E-state index in [0.717, 1.165) is 6.42 Å². The summed E-state index contributed by atoms with van der Waals surface area (Å²) in [6.07, 6.45) is 7.46. The van der Waals surface area contributed by atoms with Gasteiger partial charge in [0.25, 0.3) is 0 Å². The molecule has 0 N–H and O–H groups in total. The molecular formula is C16H22. The molecule has 1 aromatic rings. The van der Waals surface area contributed by atoms with Crippen molar-refractivity contribution < 1.29 is 0 Å². The lowest BCUT2D eigenvalue weighted by Crippen LogP contribution is -1.87. The molecule has 0 saturated heterocycles. The van der Waals surface area contributed by atoms with Crippen LogP contribution in [0.3, 0.4) is 0 Å². The fourth-order valence-electron chi connectivity index (χ4n) is 1.77. The van der Waals surface area contributed by atoms with Crippen LogP contribution in [0.4, 0.5) is 0 Å². The molecule has 0 nitrogen and oxygen atoms in total. The van der Waals surface area contributed by atoms with Gasteiger partial charge in [-0.1, -0.05) is 56.4 Å². The Morgan fingerprint density at radius 1 is 0.938 bits per heavy atom. The molecule has 0 aromatic heterocycles. The van der Waals surface area contributed by atoms with Gasteiger partial charge in [0.05, 0.1) is 0 Å². The molecule has 0 bridgehead atoms. The zero-order valence-corrected chi connectivity index (χ0v) is 10.6. The zero-order valence-electron chi connectivity index (χ0n) is 10.6. The van der Waals surface area contributed by atoms with Gasteiger partial charge >= 0.3 is 0 Å². The van der Waals surface area contributed by atoms with E-state index >= 15 is 0 Å². The molecule has 0 amide bonds. The maximum absolute atomic E-state index is 3.09. The van der Waals surface area contributed by atoms with Gasteiger partial charge in [-0.2, -0.15) is 0 Å². The van der Waals surface area contributed by atoms with Crippen LogP contribution in [-0.2, 0) is 12.8 Å². The second-order valence-electron chi connectivity index (χ2n) is 4.23. The summed E-state index contributed by atoms with van der Waals surface area (Å²) in [5.41, 5.74) is 2.79. The minimum absolute atomic E-state index is 0.882. The van der Waals surface area contributed by atoms with Gasteiger partial charge in [0.15, 0.2) is 0 Å². The fraction of sp³-hybridized carbons (Fsp3) is 0.500. The molecule has 0 aliphatic carbocycles. The Kier molecular flexibility index (Phi) is 6.42. The minimum Gasteiger partial charge on any atom is -0.106 e. The van der Waals surface area contributed by atoms with E-state index in [-0.39, 0.29) is 0 Å². The molecule has 0 atom stereocenters. The summed E-state index contributed by atoms with van der Waals surface area (Å²) in [5.74, 6) is 6.02. The third-order valence-electron chi connectivity index (χ3n) is 2.81. The van der Waals surface area contributed by atoms with Gasteiger partial charge in [-0.15, -0.1) is 5.92 Å². The molecule has 0 aliphatic rings. The van der Waals surface area contributed by atoms with Crippen molar-refractivity contribution in [2.24, 2.45) is 0 Å². The van der Waals surface area contributed by atoms with Crippen molar-refractivity contribution in [3.8, 4) is 11.8 Å². The number of benzene rings is 1. The Morgan fingerprint density at radius 3 is 2.25 bits per heavy atom. The quantitative estimate of drug-likeness (QED) is 0.487. The predicted octanol–water partition coefficient (Wildman–Crippen LogP) is 4.38. The van der Waals surface area contributed by atoms with Crippen molar-refractivity contribution in [3.05, 3.63) is 35.4 Å². The van der Waals surface area contributed by atoms with Crippen LogP contribution < -0.4 is 0 Å². The molecule has 0 fully saturated rings. The van der Waals surface area contributed by atoms with E-state index in [1.54, 1.807) is 0 Å². The normalized spacial score (nSPS) is 9.62. The van der Waals surface area contributed by atoms with Crippen molar-refractivity contribution in [3.63, 3.8) is 0 Å². The predicted molar refractivity (Wildman–Crippen MR) is 71.4 cm³/mol. The van der Waals surface area contributed by atoms with E-state index in [4.69, 9.17) is 0 Å². The second kappa shape index (κ2) is 7.99. The number of unbranched alkanes of at least 4 members (excludes halogenated alkanes) is 3. The van der Waals surface area contributed by atoms with Crippen molar-refractivity contribution in [2.45, 2.75) is 52.4 Å². The van der Waals surface area contributed by atoms with E-state index in [0.29, 0.717) is 0 Å². The lowest BCUT2D eigenvalue weighted by atomic mass is 10.0. The smallest absolute Gasteiger partial charge is 0.0340 e. The maximum Gasteiger partial charge on any atom is 0.0340 e. The van der Waals surface area contributed by atoms with Crippen molar-refractivity contribution >= 4 is 0 Å². The SMILES string of the molecule is CC#CCc1ccc(CCCCCC)cc1. The lowest BCUT2D eigenvalue weighted by molar-refractivity contribution is 0.667. The van der Waals surface area contributed by atoms with Gasteiger partial charge in [-0.25, -0.2) is 0 Å². The van der Waals surface area contributed by atoms with Crippen molar-refractivity contribution in [1.82, 2.24) is 0 Å². The summed E-state index contributed by atoms with van der Waals surface area (Å²) in [5, 5.41) is 0. The molecule has 86 valence electrons. The summed E-state index contributed by atoms with van der Waals surface area (Å²) in [7, 11) is 0. The van der Waals surface area contributed by atoms with Crippen LogP contribution >= 0.6 is 0 Å². The van der Waals surface area contributed by atoms with Crippen LogP contribution in [0.15, 0.2) is 24.3 Å². The lowest BCUT2D eigenvalue weighted by Gasteiger charge is -2.02. The highest BCUT2D eigenvalue weighted by atomic mass is 14.0. The number of hydrogen-bond donors (Lipinski definition) is 0. The van der Waals surface area contributed by atoms with Crippen molar-refractivity contribution in [2.75, 3.05) is 0 Å². The van der Waals surface area contributed by atoms with Crippen LogP contribution in [0.1, 0.15) is 50.7 Å². The molecule has 0 aliphatic heterocycles.